The number of hydrogen-bond donors (Lipinski definition) is 0. The number of benzene rings is 1. The summed E-state index contributed by atoms with van der Waals surface area (Å²) in [6, 6.07) is 9.71. The SMILES string of the molecule is C=C1CC=C(c2ccccc2)C1=O. The number of allylic oxidation sites excluding steroid dienone is 3. The first-order valence-electron chi connectivity index (χ1n) is 4.27. The minimum atomic E-state index is 0.0891. The van der Waals surface area contributed by atoms with Gasteiger partial charge in [0.1, 0.15) is 0 Å². The normalized spacial score (nSPS) is 16.2. The highest BCUT2D eigenvalue weighted by atomic mass is 16.1. The van der Waals surface area contributed by atoms with Gasteiger partial charge in [0.05, 0.1) is 0 Å². The number of rotatable bonds is 1. The van der Waals surface area contributed by atoms with Crippen LogP contribution in [0.3, 0.4) is 0 Å². The number of carbonyl (C=O) groups excluding carboxylic acids is 1. The van der Waals surface area contributed by atoms with Gasteiger partial charge in [-0.25, -0.2) is 0 Å². The fourth-order valence-corrected chi connectivity index (χ4v) is 1.47. The third-order valence-corrected chi connectivity index (χ3v) is 2.20. The van der Waals surface area contributed by atoms with E-state index >= 15 is 0 Å². The molecule has 0 N–H and O–H groups in total. The maximum Gasteiger partial charge on any atom is 0.189 e. The van der Waals surface area contributed by atoms with Gasteiger partial charge in [0.15, 0.2) is 5.78 Å². The average molecular weight is 170 g/mol. The maximum atomic E-state index is 11.5. The molecule has 1 aliphatic rings. The van der Waals surface area contributed by atoms with Gasteiger partial charge in [-0.1, -0.05) is 43.0 Å². The van der Waals surface area contributed by atoms with Crippen molar-refractivity contribution in [2.75, 3.05) is 0 Å². The van der Waals surface area contributed by atoms with Crippen LogP contribution in [0.5, 0.6) is 0 Å². The highest BCUT2D eigenvalue weighted by Gasteiger charge is 2.19. The van der Waals surface area contributed by atoms with Gasteiger partial charge in [0, 0.05) is 5.57 Å². The van der Waals surface area contributed by atoms with Gasteiger partial charge >= 0.3 is 0 Å². The van der Waals surface area contributed by atoms with E-state index in [-0.39, 0.29) is 5.78 Å². The molecule has 0 aromatic heterocycles. The second kappa shape index (κ2) is 3.02. The molecule has 0 amide bonds. The summed E-state index contributed by atoms with van der Waals surface area (Å²) < 4.78 is 0. The molecule has 0 spiro atoms. The van der Waals surface area contributed by atoms with Crippen molar-refractivity contribution in [3.05, 3.63) is 54.1 Å². The molecular weight excluding hydrogens is 160 g/mol. The number of ketones is 1. The molecule has 0 unspecified atom stereocenters. The van der Waals surface area contributed by atoms with Gasteiger partial charge in [-0.3, -0.25) is 4.79 Å². The van der Waals surface area contributed by atoms with Crippen molar-refractivity contribution < 1.29 is 4.79 Å². The molecule has 0 atom stereocenters. The van der Waals surface area contributed by atoms with Crippen LogP contribution in [0.2, 0.25) is 0 Å². The van der Waals surface area contributed by atoms with E-state index in [1.165, 1.54) is 0 Å². The van der Waals surface area contributed by atoms with E-state index in [1.54, 1.807) is 0 Å². The average Bonchev–Trinajstić information content (AvgIpc) is 2.49. The molecule has 0 saturated carbocycles. The molecule has 0 aliphatic heterocycles. The number of Topliss-reactive ketones (excluding diaryl/α,β-unsaturated/α-hetero) is 1. The van der Waals surface area contributed by atoms with E-state index in [2.05, 4.69) is 6.58 Å². The van der Waals surface area contributed by atoms with E-state index in [0.29, 0.717) is 12.0 Å². The fourth-order valence-electron chi connectivity index (χ4n) is 1.47. The van der Waals surface area contributed by atoms with Crippen LogP contribution in [0.4, 0.5) is 0 Å². The summed E-state index contributed by atoms with van der Waals surface area (Å²) >= 11 is 0. The molecule has 13 heavy (non-hydrogen) atoms. The molecule has 0 fully saturated rings. The van der Waals surface area contributed by atoms with Crippen LogP contribution in [0.1, 0.15) is 12.0 Å². The van der Waals surface area contributed by atoms with Crippen LogP contribution >= 0.6 is 0 Å². The Kier molecular flexibility index (Phi) is 1.85. The van der Waals surface area contributed by atoms with Crippen molar-refractivity contribution in [1.29, 1.82) is 0 Å². The second-order valence-corrected chi connectivity index (χ2v) is 3.12. The molecule has 0 bridgehead atoms. The summed E-state index contributed by atoms with van der Waals surface area (Å²) in [5, 5.41) is 0. The van der Waals surface area contributed by atoms with E-state index < -0.39 is 0 Å². The van der Waals surface area contributed by atoms with Crippen molar-refractivity contribution in [3.63, 3.8) is 0 Å². The van der Waals surface area contributed by atoms with Crippen LogP contribution in [0, 0.1) is 0 Å². The van der Waals surface area contributed by atoms with E-state index in [0.717, 1.165) is 11.1 Å². The molecule has 0 radical (unpaired) electrons. The summed E-state index contributed by atoms with van der Waals surface area (Å²) in [5.41, 5.74) is 2.48. The zero-order chi connectivity index (χ0) is 9.26. The van der Waals surface area contributed by atoms with Crippen LogP contribution < -0.4 is 0 Å². The van der Waals surface area contributed by atoms with Gasteiger partial charge < -0.3 is 0 Å². The van der Waals surface area contributed by atoms with Gasteiger partial charge in [-0.2, -0.15) is 0 Å². The lowest BCUT2D eigenvalue weighted by Crippen LogP contribution is -1.96. The summed E-state index contributed by atoms with van der Waals surface area (Å²) in [6.45, 7) is 3.71. The van der Waals surface area contributed by atoms with Crippen molar-refractivity contribution in [3.8, 4) is 0 Å². The van der Waals surface area contributed by atoms with Crippen LogP contribution in [0.25, 0.3) is 5.57 Å². The summed E-state index contributed by atoms with van der Waals surface area (Å²) in [7, 11) is 0. The molecule has 0 heterocycles. The second-order valence-electron chi connectivity index (χ2n) is 3.12. The standard InChI is InChI=1S/C12H10O/c1-9-7-8-11(12(9)13)10-5-3-2-4-6-10/h2-6,8H,1,7H2. The third kappa shape index (κ3) is 1.33. The topological polar surface area (TPSA) is 17.1 Å². The minimum Gasteiger partial charge on any atom is -0.289 e. The Hall–Kier alpha value is -1.63. The predicted molar refractivity (Wildman–Crippen MR) is 53.2 cm³/mol. The Bertz CT molecular complexity index is 385. The smallest absolute Gasteiger partial charge is 0.189 e. The van der Waals surface area contributed by atoms with Gasteiger partial charge in [0.25, 0.3) is 0 Å². The first kappa shape index (κ1) is 7.99. The third-order valence-electron chi connectivity index (χ3n) is 2.20. The van der Waals surface area contributed by atoms with Crippen molar-refractivity contribution >= 4 is 11.4 Å². The van der Waals surface area contributed by atoms with Gasteiger partial charge in [-0.05, 0) is 17.6 Å². The Morgan fingerprint density at radius 1 is 1.15 bits per heavy atom. The lowest BCUT2D eigenvalue weighted by atomic mass is 10.0. The Labute approximate surface area is 77.4 Å². The van der Waals surface area contributed by atoms with Crippen LogP contribution in [0.15, 0.2) is 48.6 Å². The molecule has 64 valence electrons. The minimum absolute atomic E-state index is 0.0891. The molecule has 1 aromatic carbocycles. The Morgan fingerprint density at radius 3 is 2.38 bits per heavy atom. The molecule has 1 aliphatic carbocycles. The maximum absolute atomic E-state index is 11.5. The number of hydrogen-bond acceptors (Lipinski definition) is 1. The first-order valence-corrected chi connectivity index (χ1v) is 4.27. The Morgan fingerprint density at radius 2 is 1.85 bits per heavy atom. The van der Waals surface area contributed by atoms with Crippen LogP contribution in [-0.4, -0.2) is 5.78 Å². The molecule has 1 nitrogen and oxygen atoms in total. The van der Waals surface area contributed by atoms with Crippen molar-refractivity contribution in [2.24, 2.45) is 0 Å². The largest absolute Gasteiger partial charge is 0.289 e. The van der Waals surface area contributed by atoms with E-state index in [9.17, 15) is 4.79 Å². The lowest BCUT2D eigenvalue weighted by Gasteiger charge is -1.99. The van der Waals surface area contributed by atoms with Gasteiger partial charge in [0.2, 0.25) is 0 Å². The van der Waals surface area contributed by atoms with E-state index in [1.807, 2.05) is 36.4 Å². The molecule has 2 rings (SSSR count). The molecular formula is C12H10O. The summed E-state index contributed by atoms with van der Waals surface area (Å²) in [5.74, 6) is 0.0891. The summed E-state index contributed by atoms with van der Waals surface area (Å²) in [6.07, 6.45) is 2.64. The molecule has 1 heteroatoms. The predicted octanol–water partition coefficient (Wildman–Crippen LogP) is 2.60. The first-order chi connectivity index (χ1) is 6.29. The van der Waals surface area contributed by atoms with Crippen LogP contribution in [-0.2, 0) is 4.79 Å². The van der Waals surface area contributed by atoms with Gasteiger partial charge in [-0.15, -0.1) is 0 Å². The lowest BCUT2D eigenvalue weighted by molar-refractivity contribution is -0.110. The zero-order valence-corrected chi connectivity index (χ0v) is 7.29. The van der Waals surface area contributed by atoms with Crippen molar-refractivity contribution in [1.82, 2.24) is 0 Å². The summed E-state index contributed by atoms with van der Waals surface area (Å²) in [4.78, 5) is 11.5. The highest BCUT2D eigenvalue weighted by Crippen LogP contribution is 2.26. The quantitative estimate of drug-likeness (QED) is 0.592. The van der Waals surface area contributed by atoms with E-state index in [4.69, 9.17) is 0 Å². The zero-order valence-electron chi connectivity index (χ0n) is 7.29. The molecule has 1 aromatic rings. The monoisotopic (exact) mass is 170 g/mol. The highest BCUT2D eigenvalue weighted by molar-refractivity contribution is 6.30. The Balaban J connectivity index is 2.39. The molecule has 0 saturated heterocycles. The number of carbonyl (C=O) groups is 1. The van der Waals surface area contributed by atoms with Crippen molar-refractivity contribution in [2.45, 2.75) is 6.42 Å². The fraction of sp³-hybridized carbons (Fsp3) is 0.0833.